The third kappa shape index (κ3) is 3.29. The lowest BCUT2D eigenvalue weighted by molar-refractivity contribution is 0.627. The zero-order valence-electron chi connectivity index (χ0n) is 24.1. The summed E-state index contributed by atoms with van der Waals surface area (Å²) in [5, 5.41) is 2.54. The molecule has 6 aromatic carbocycles. The zero-order valence-corrected chi connectivity index (χ0v) is 24.1. The van der Waals surface area contributed by atoms with E-state index in [1.165, 1.54) is 72.3 Å². The van der Waals surface area contributed by atoms with Gasteiger partial charge in [0.2, 0.25) is 0 Å². The number of nitrogens with zero attached hydrogens (tertiary/aromatic N) is 1. The lowest BCUT2D eigenvalue weighted by Crippen LogP contribution is -2.31. The Balaban J connectivity index is 1.45. The predicted octanol–water partition coefficient (Wildman–Crippen LogP) is 10.9. The second-order valence-corrected chi connectivity index (χ2v) is 12.6. The standard InChI is InChI=1S/C40H33N/c1-39(2)32-20-9-7-17-29(32)31-24-35-38(25-34(31)39)41(37-23-12-10-21-33(37)40(35,3)4)36-22-11-8-18-30(36)28-19-13-15-26-14-5-6-16-27(26)28/h5-25H,1-4H3. The summed E-state index contributed by atoms with van der Waals surface area (Å²) in [6.07, 6.45) is 0. The molecule has 0 amide bonds. The van der Waals surface area contributed by atoms with Crippen LogP contribution in [-0.2, 0) is 10.8 Å². The van der Waals surface area contributed by atoms with Gasteiger partial charge in [-0.25, -0.2) is 0 Å². The van der Waals surface area contributed by atoms with E-state index in [0.717, 1.165) is 0 Å². The van der Waals surface area contributed by atoms with E-state index in [-0.39, 0.29) is 10.8 Å². The molecule has 0 atom stereocenters. The maximum absolute atomic E-state index is 2.53. The Hall–Kier alpha value is -4.62. The van der Waals surface area contributed by atoms with E-state index in [1.807, 2.05) is 0 Å². The molecule has 0 N–H and O–H groups in total. The summed E-state index contributed by atoms with van der Waals surface area (Å²) in [5.41, 5.74) is 14.3. The van der Waals surface area contributed by atoms with Crippen LogP contribution in [0.4, 0.5) is 17.1 Å². The fourth-order valence-electron chi connectivity index (χ4n) is 7.51. The van der Waals surface area contributed by atoms with Crippen molar-refractivity contribution in [1.29, 1.82) is 0 Å². The zero-order chi connectivity index (χ0) is 27.9. The fraction of sp³-hybridized carbons (Fsp3) is 0.150. The minimum atomic E-state index is -0.145. The molecular weight excluding hydrogens is 494 g/mol. The van der Waals surface area contributed by atoms with Crippen molar-refractivity contribution in [3.8, 4) is 22.3 Å². The Morgan fingerprint density at radius 2 is 0.976 bits per heavy atom. The lowest BCUT2D eigenvalue weighted by atomic mass is 9.71. The topological polar surface area (TPSA) is 3.24 Å². The molecule has 1 aliphatic heterocycles. The highest BCUT2D eigenvalue weighted by molar-refractivity contribution is 6.02. The van der Waals surface area contributed by atoms with Gasteiger partial charge in [0.1, 0.15) is 0 Å². The number of rotatable bonds is 2. The SMILES string of the molecule is CC1(C)c2ccccc2-c2cc3c(cc21)N(c1ccccc1-c1cccc2ccccc12)c1ccccc1C3(C)C. The average molecular weight is 528 g/mol. The van der Waals surface area contributed by atoms with E-state index in [4.69, 9.17) is 0 Å². The molecule has 0 radical (unpaired) electrons. The van der Waals surface area contributed by atoms with Gasteiger partial charge in [0.15, 0.2) is 0 Å². The summed E-state index contributed by atoms with van der Waals surface area (Å²) in [7, 11) is 0. The highest BCUT2D eigenvalue weighted by Gasteiger charge is 2.42. The largest absolute Gasteiger partial charge is 0.309 e. The maximum Gasteiger partial charge on any atom is 0.0540 e. The van der Waals surface area contributed by atoms with Gasteiger partial charge in [0.25, 0.3) is 0 Å². The van der Waals surface area contributed by atoms with Crippen LogP contribution in [0.25, 0.3) is 33.0 Å². The first-order chi connectivity index (χ1) is 19.9. The minimum absolute atomic E-state index is 0.0666. The number of hydrogen-bond acceptors (Lipinski definition) is 1. The summed E-state index contributed by atoms with van der Waals surface area (Å²) in [5.74, 6) is 0. The third-order valence-corrected chi connectivity index (χ3v) is 9.66. The van der Waals surface area contributed by atoms with Crippen LogP contribution >= 0.6 is 0 Å². The Labute approximate surface area is 242 Å². The van der Waals surface area contributed by atoms with Crippen molar-refractivity contribution in [3.05, 3.63) is 150 Å². The van der Waals surface area contributed by atoms with Gasteiger partial charge in [-0.3, -0.25) is 0 Å². The van der Waals surface area contributed by atoms with Crippen LogP contribution < -0.4 is 4.90 Å². The van der Waals surface area contributed by atoms with E-state index in [2.05, 4.69) is 160 Å². The number of fused-ring (bicyclic) bond motifs is 6. The van der Waals surface area contributed by atoms with Crippen LogP contribution in [-0.4, -0.2) is 0 Å². The van der Waals surface area contributed by atoms with Crippen molar-refractivity contribution in [3.63, 3.8) is 0 Å². The van der Waals surface area contributed by atoms with Crippen molar-refractivity contribution in [2.45, 2.75) is 38.5 Å². The first-order valence-electron chi connectivity index (χ1n) is 14.6. The van der Waals surface area contributed by atoms with Crippen LogP contribution in [0, 0.1) is 0 Å². The van der Waals surface area contributed by atoms with Gasteiger partial charge >= 0.3 is 0 Å². The lowest BCUT2D eigenvalue weighted by Gasteiger charge is -2.43. The molecule has 1 heterocycles. The molecule has 1 heteroatoms. The van der Waals surface area contributed by atoms with Crippen molar-refractivity contribution in [2.24, 2.45) is 0 Å². The highest BCUT2D eigenvalue weighted by atomic mass is 15.2. The summed E-state index contributed by atoms with van der Waals surface area (Å²) in [6.45, 7) is 9.52. The molecule has 8 rings (SSSR count). The monoisotopic (exact) mass is 527 g/mol. The molecule has 1 nitrogen and oxygen atoms in total. The Morgan fingerprint density at radius 3 is 1.80 bits per heavy atom. The highest BCUT2D eigenvalue weighted by Crippen LogP contribution is 2.58. The van der Waals surface area contributed by atoms with Gasteiger partial charge in [-0.15, -0.1) is 0 Å². The Morgan fingerprint density at radius 1 is 0.390 bits per heavy atom. The molecule has 0 spiro atoms. The number of benzene rings is 6. The summed E-state index contributed by atoms with van der Waals surface area (Å²) in [4.78, 5) is 2.53. The van der Waals surface area contributed by atoms with Crippen LogP contribution in [0.2, 0.25) is 0 Å². The molecule has 0 saturated carbocycles. The molecule has 0 fully saturated rings. The van der Waals surface area contributed by atoms with Gasteiger partial charge in [-0.1, -0.05) is 131 Å². The van der Waals surface area contributed by atoms with E-state index in [9.17, 15) is 0 Å². The average Bonchev–Trinajstić information content (AvgIpc) is 3.22. The molecule has 0 bridgehead atoms. The van der Waals surface area contributed by atoms with Gasteiger partial charge in [0, 0.05) is 16.4 Å². The number of anilines is 3. The fourth-order valence-corrected chi connectivity index (χ4v) is 7.51. The Kier molecular flexibility index (Phi) is 4.98. The van der Waals surface area contributed by atoms with Gasteiger partial charge < -0.3 is 4.90 Å². The van der Waals surface area contributed by atoms with Crippen LogP contribution in [0.5, 0.6) is 0 Å². The molecule has 6 aromatic rings. The summed E-state index contributed by atoms with van der Waals surface area (Å²) >= 11 is 0. The quantitative estimate of drug-likeness (QED) is 0.216. The number of para-hydroxylation sites is 2. The first-order valence-corrected chi connectivity index (χ1v) is 14.6. The van der Waals surface area contributed by atoms with E-state index in [1.54, 1.807) is 0 Å². The van der Waals surface area contributed by atoms with Crippen LogP contribution in [0.3, 0.4) is 0 Å². The summed E-state index contributed by atoms with van der Waals surface area (Å²) < 4.78 is 0. The molecular formula is C40H33N. The Bertz CT molecular complexity index is 2000. The second-order valence-electron chi connectivity index (χ2n) is 12.6. The third-order valence-electron chi connectivity index (χ3n) is 9.66. The molecule has 0 aromatic heterocycles. The van der Waals surface area contributed by atoms with Crippen molar-refractivity contribution >= 4 is 27.8 Å². The number of hydrogen-bond donors (Lipinski definition) is 0. The first kappa shape index (κ1) is 24.2. The van der Waals surface area contributed by atoms with Crippen molar-refractivity contribution in [1.82, 2.24) is 0 Å². The van der Waals surface area contributed by atoms with E-state index in [0.29, 0.717) is 0 Å². The van der Waals surface area contributed by atoms with E-state index >= 15 is 0 Å². The summed E-state index contributed by atoms with van der Waals surface area (Å²) in [6, 6.07) is 47.3. The van der Waals surface area contributed by atoms with Gasteiger partial charge in [0.05, 0.1) is 17.1 Å². The molecule has 0 saturated heterocycles. The van der Waals surface area contributed by atoms with Gasteiger partial charge in [-0.2, -0.15) is 0 Å². The molecule has 198 valence electrons. The molecule has 0 unspecified atom stereocenters. The second kappa shape index (κ2) is 8.44. The molecule has 1 aliphatic carbocycles. The van der Waals surface area contributed by atoms with Crippen LogP contribution in [0.15, 0.2) is 127 Å². The van der Waals surface area contributed by atoms with Gasteiger partial charge in [-0.05, 0) is 74.0 Å². The van der Waals surface area contributed by atoms with Crippen molar-refractivity contribution < 1.29 is 0 Å². The smallest absolute Gasteiger partial charge is 0.0540 e. The maximum atomic E-state index is 2.53. The predicted molar refractivity (Wildman–Crippen MR) is 174 cm³/mol. The van der Waals surface area contributed by atoms with Crippen molar-refractivity contribution in [2.75, 3.05) is 4.90 Å². The van der Waals surface area contributed by atoms with Crippen LogP contribution in [0.1, 0.15) is 49.9 Å². The van der Waals surface area contributed by atoms with E-state index < -0.39 is 0 Å². The normalized spacial score (nSPS) is 15.7. The molecule has 2 aliphatic rings. The molecule has 41 heavy (non-hydrogen) atoms. The minimum Gasteiger partial charge on any atom is -0.309 e.